The van der Waals surface area contributed by atoms with Crippen LogP contribution < -0.4 is 5.73 Å². The maximum Gasteiger partial charge on any atom is 0.246 e. The third-order valence-corrected chi connectivity index (χ3v) is 4.14. The van der Waals surface area contributed by atoms with Crippen molar-refractivity contribution in [2.45, 2.75) is 31.8 Å². The molecule has 2 unspecified atom stereocenters. The topological polar surface area (TPSA) is 46.3 Å². The van der Waals surface area contributed by atoms with E-state index in [1.807, 2.05) is 11.8 Å². The number of piperidine rings is 1. The highest BCUT2D eigenvalue weighted by Gasteiger charge is 2.25. The van der Waals surface area contributed by atoms with Crippen molar-refractivity contribution in [1.29, 1.82) is 0 Å². The number of likely N-dealkylation sites (tertiary alicyclic amines) is 1. The second-order valence-electron chi connectivity index (χ2n) is 5.16. The van der Waals surface area contributed by atoms with Crippen LogP contribution in [0.15, 0.2) is 24.3 Å². The van der Waals surface area contributed by atoms with Crippen molar-refractivity contribution in [3.63, 3.8) is 0 Å². The summed E-state index contributed by atoms with van der Waals surface area (Å²) in [6.45, 7) is 2.73. The molecular formula is C15H18Cl2N2O. The maximum atomic E-state index is 12.2. The monoisotopic (exact) mass is 312 g/mol. The minimum absolute atomic E-state index is 0.0135. The second-order valence-corrected chi connectivity index (χ2v) is 6.01. The Morgan fingerprint density at radius 3 is 2.90 bits per heavy atom. The molecule has 1 aromatic rings. The maximum absolute atomic E-state index is 12.2. The zero-order valence-corrected chi connectivity index (χ0v) is 12.9. The van der Waals surface area contributed by atoms with Crippen molar-refractivity contribution in [3.8, 4) is 0 Å². The number of benzene rings is 1. The van der Waals surface area contributed by atoms with Crippen LogP contribution in [0.5, 0.6) is 0 Å². The van der Waals surface area contributed by atoms with Gasteiger partial charge in [0.05, 0.1) is 0 Å². The Balaban J connectivity index is 2.07. The van der Waals surface area contributed by atoms with Crippen molar-refractivity contribution in [1.82, 2.24) is 4.90 Å². The van der Waals surface area contributed by atoms with Gasteiger partial charge in [-0.2, -0.15) is 0 Å². The van der Waals surface area contributed by atoms with E-state index in [2.05, 4.69) is 0 Å². The van der Waals surface area contributed by atoms with Crippen LogP contribution in [0.4, 0.5) is 0 Å². The highest BCUT2D eigenvalue weighted by Crippen LogP contribution is 2.22. The zero-order chi connectivity index (χ0) is 14.7. The molecule has 1 amide bonds. The largest absolute Gasteiger partial charge is 0.336 e. The molecule has 5 heteroatoms. The molecule has 108 valence electrons. The van der Waals surface area contributed by atoms with Gasteiger partial charge in [-0.25, -0.2) is 0 Å². The van der Waals surface area contributed by atoms with Gasteiger partial charge in [-0.1, -0.05) is 23.2 Å². The quantitative estimate of drug-likeness (QED) is 0.851. The van der Waals surface area contributed by atoms with E-state index in [-0.39, 0.29) is 18.0 Å². The van der Waals surface area contributed by atoms with Crippen LogP contribution in [0.25, 0.3) is 6.08 Å². The molecule has 1 aliphatic heterocycles. The van der Waals surface area contributed by atoms with Gasteiger partial charge in [-0.15, -0.1) is 0 Å². The smallest absolute Gasteiger partial charge is 0.246 e. The fraction of sp³-hybridized carbons (Fsp3) is 0.400. The van der Waals surface area contributed by atoms with Crippen molar-refractivity contribution in [2.75, 3.05) is 6.54 Å². The van der Waals surface area contributed by atoms with Crippen LogP contribution in [0, 0.1) is 0 Å². The van der Waals surface area contributed by atoms with Crippen LogP contribution in [0.1, 0.15) is 25.3 Å². The zero-order valence-electron chi connectivity index (χ0n) is 11.4. The number of amides is 1. The van der Waals surface area contributed by atoms with E-state index in [1.54, 1.807) is 30.4 Å². The van der Waals surface area contributed by atoms with E-state index in [0.29, 0.717) is 16.6 Å². The Morgan fingerprint density at radius 2 is 2.20 bits per heavy atom. The minimum Gasteiger partial charge on any atom is -0.336 e. The molecule has 2 atom stereocenters. The van der Waals surface area contributed by atoms with Crippen LogP contribution in [0.2, 0.25) is 10.0 Å². The molecule has 0 saturated carbocycles. The number of rotatable bonds is 2. The minimum atomic E-state index is -0.0135. The molecule has 0 aromatic heterocycles. The summed E-state index contributed by atoms with van der Waals surface area (Å²) < 4.78 is 0. The summed E-state index contributed by atoms with van der Waals surface area (Å²) >= 11 is 12.0. The molecule has 0 aliphatic carbocycles. The lowest BCUT2D eigenvalue weighted by Crippen LogP contribution is -2.47. The third kappa shape index (κ3) is 3.75. The first-order chi connectivity index (χ1) is 9.47. The summed E-state index contributed by atoms with van der Waals surface area (Å²) in [5.41, 5.74) is 6.65. The van der Waals surface area contributed by atoms with E-state index in [9.17, 15) is 4.79 Å². The average Bonchev–Trinajstić information content (AvgIpc) is 2.39. The predicted octanol–water partition coefficient (Wildman–Crippen LogP) is 3.34. The molecule has 3 nitrogen and oxygen atoms in total. The molecule has 0 radical (unpaired) electrons. The Labute approximate surface area is 129 Å². The van der Waals surface area contributed by atoms with E-state index in [0.717, 1.165) is 18.4 Å². The van der Waals surface area contributed by atoms with Gasteiger partial charge >= 0.3 is 0 Å². The molecule has 2 N–H and O–H groups in total. The van der Waals surface area contributed by atoms with E-state index >= 15 is 0 Å². The number of carbonyl (C=O) groups is 1. The predicted molar refractivity (Wildman–Crippen MR) is 83.9 cm³/mol. The fourth-order valence-electron chi connectivity index (χ4n) is 2.44. The molecule has 0 spiro atoms. The van der Waals surface area contributed by atoms with E-state index < -0.39 is 0 Å². The third-order valence-electron chi connectivity index (χ3n) is 3.56. The summed E-state index contributed by atoms with van der Waals surface area (Å²) in [4.78, 5) is 14.1. The van der Waals surface area contributed by atoms with Gasteiger partial charge in [-0.05, 0) is 49.6 Å². The van der Waals surface area contributed by atoms with Crippen molar-refractivity contribution in [2.24, 2.45) is 5.73 Å². The van der Waals surface area contributed by atoms with Gasteiger partial charge in [0.2, 0.25) is 5.91 Å². The van der Waals surface area contributed by atoms with Gasteiger partial charge in [-0.3, -0.25) is 4.79 Å². The number of nitrogens with two attached hydrogens (primary N) is 1. The molecule has 0 bridgehead atoms. The van der Waals surface area contributed by atoms with E-state index in [4.69, 9.17) is 28.9 Å². The van der Waals surface area contributed by atoms with Crippen LogP contribution >= 0.6 is 23.2 Å². The Kier molecular flexibility index (Phi) is 5.08. The summed E-state index contributed by atoms with van der Waals surface area (Å²) in [5.74, 6) is -0.0135. The molecule has 1 fully saturated rings. The summed E-state index contributed by atoms with van der Waals surface area (Å²) in [5, 5.41) is 1.17. The fourth-order valence-corrected chi connectivity index (χ4v) is 2.80. The lowest BCUT2D eigenvalue weighted by molar-refractivity contribution is -0.129. The molecule has 20 heavy (non-hydrogen) atoms. The van der Waals surface area contributed by atoms with Crippen LogP contribution in [-0.2, 0) is 4.79 Å². The standard InChI is InChI=1S/C15H18Cl2N2O/c1-10-8-13(18)6-7-19(10)15(20)5-2-11-9-12(16)3-4-14(11)17/h2-5,9-10,13H,6-8,18H2,1H3/b5-2+. The molecular weight excluding hydrogens is 295 g/mol. The SMILES string of the molecule is CC1CC(N)CCN1C(=O)/C=C/c1cc(Cl)ccc1Cl. The van der Waals surface area contributed by atoms with Crippen molar-refractivity contribution >= 4 is 35.2 Å². The van der Waals surface area contributed by atoms with Crippen molar-refractivity contribution in [3.05, 3.63) is 39.9 Å². The van der Waals surface area contributed by atoms with E-state index in [1.165, 1.54) is 0 Å². The molecule has 2 rings (SSSR count). The van der Waals surface area contributed by atoms with Crippen LogP contribution in [0.3, 0.4) is 0 Å². The normalized spacial score (nSPS) is 23.3. The number of halogens is 2. The van der Waals surface area contributed by atoms with Gasteiger partial charge in [0.25, 0.3) is 0 Å². The number of hydrogen-bond donors (Lipinski definition) is 1. The Bertz CT molecular complexity index is 531. The lowest BCUT2D eigenvalue weighted by atomic mass is 9.99. The van der Waals surface area contributed by atoms with Gasteiger partial charge in [0.15, 0.2) is 0 Å². The first-order valence-electron chi connectivity index (χ1n) is 6.66. The van der Waals surface area contributed by atoms with Gasteiger partial charge < -0.3 is 10.6 Å². The summed E-state index contributed by atoms with van der Waals surface area (Å²) in [6.07, 6.45) is 4.95. The molecule has 1 aromatic carbocycles. The van der Waals surface area contributed by atoms with Crippen molar-refractivity contribution < 1.29 is 4.79 Å². The highest BCUT2D eigenvalue weighted by molar-refractivity contribution is 6.34. The summed E-state index contributed by atoms with van der Waals surface area (Å²) in [7, 11) is 0. The number of hydrogen-bond acceptors (Lipinski definition) is 2. The number of carbonyl (C=O) groups excluding carboxylic acids is 1. The average molecular weight is 313 g/mol. The summed E-state index contributed by atoms with van der Waals surface area (Å²) in [6, 6.07) is 5.54. The molecule has 1 aliphatic rings. The first kappa shape index (κ1) is 15.4. The number of nitrogens with zero attached hydrogens (tertiary/aromatic N) is 1. The molecule has 1 heterocycles. The molecule has 1 saturated heterocycles. The Morgan fingerprint density at radius 1 is 1.45 bits per heavy atom. The highest BCUT2D eigenvalue weighted by atomic mass is 35.5. The van der Waals surface area contributed by atoms with Gasteiger partial charge in [0.1, 0.15) is 0 Å². The lowest BCUT2D eigenvalue weighted by Gasteiger charge is -2.35. The van der Waals surface area contributed by atoms with Crippen LogP contribution in [-0.4, -0.2) is 29.4 Å². The van der Waals surface area contributed by atoms with Gasteiger partial charge in [0, 0.05) is 34.7 Å². The second kappa shape index (κ2) is 6.61. The Hall–Kier alpha value is -1.03. The first-order valence-corrected chi connectivity index (χ1v) is 7.42.